The summed E-state index contributed by atoms with van der Waals surface area (Å²) in [6.45, 7) is 5.39. The van der Waals surface area contributed by atoms with Crippen molar-refractivity contribution < 1.29 is 27.4 Å². The molecule has 2 saturated heterocycles. The quantitative estimate of drug-likeness (QED) is 0.250. The van der Waals surface area contributed by atoms with E-state index in [0.717, 1.165) is 22.3 Å². The summed E-state index contributed by atoms with van der Waals surface area (Å²) in [6.07, 6.45) is -1.89. The molecule has 4 aromatic carbocycles. The summed E-state index contributed by atoms with van der Waals surface area (Å²) in [5, 5.41) is -1.27. The standard InChI is InChI=1S/C35H33NO6S/c1-34(2,3)42-33(37)36-28-26-21-13-14-22-27(26)31(36)35(32(28)43(38,39)25-19-11-6-12-20-25)40-29(23-15-7-4-8-16-23)30(41-35)24-17-9-5-10-18-24/h4-22,28-32H,1-3H3/t28?,29-,30-,31?,32?/m1/s1. The van der Waals surface area contributed by atoms with E-state index in [1.165, 1.54) is 4.90 Å². The van der Waals surface area contributed by atoms with Crippen molar-refractivity contribution in [2.24, 2.45) is 0 Å². The second kappa shape index (κ2) is 10.0. The minimum absolute atomic E-state index is 0.139. The molecule has 1 spiro atoms. The van der Waals surface area contributed by atoms with Crippen LogP contribution in [0.25, 0.3) is 0 Å². The van der Waals surface area contributed by atoms with Crippen LogP contribution in [0.5, 0.6) is 0 Å². The van der Waals surface area contributed by atoms with Crippen LogP contribution in [0.2, 0.25) is 0 Å². The summed E-state index contributed by atoms with van der Waals surface area (Å²) < 4.78 is 49.6. The Morgan fingerprint density at radius 1 is 0.721 bits per heavy atom. The zero-order valence-corrected chi connectivity index (χ0v) is 25.0. The number of rotatable bonds is 4. The Morgan fingerprint density at radius 3 is 1.70 bits per heavy atom. The van der Waals surface area contributed by atoms with Crippen LogP contribution in [0, 0.1) is 0 Å². The third-order valence-electron chi connectivity index (χ3n) is 8.42. The van der Waals surface area contributed by atoms with Gasteiger partial charge in [0.05, 0.1) is 10.9 Å². The number of hydrogen-bond donors (Lipinski definition) is 0. The van der Waals surface area contributed by atoms with Crippen LogP contribution >= 0.6 is 0 Å². The van der Waals surface area contributed by atoms with Crippen LogP contribution in [-0.4, -0.2) is 36.0 Å². The summed E-state index contributed by atoms with van der Waals surface area (Å²) in [7, 11) is -4.12. The second-order valence-electron chi connectivity index (χ2n) is 12.3. The Labute approximate surface area is 251 Å². The van der Waals surface area contributed by atoms with Crippen LogP contribution in [0.1, 0.15) is 67.3 Å². The van der Waals surface area contributed by atoms with Gasteiger partial charge in [0.15, 0.2) is 9.84 Å². The average Bonchev–Trinajstić information content (AvgIpc) is 3.65. The van der Waals surface area contributed by atoms with Crippen molar-refractivity contribution in [3.8, 4) is 0 Å². The molecule has 3 aliphatic heterocycles. The Kier molecular flexibility index (Phi) is 6.50. The van der Waals surface area contributed by atoms with Crippen LogP contribution < -0.4 is 0 Å². The highest BCUT2D eigenvalue weighted by atomic mass is 32.2. The smallest absolute Gasteiger partial charge is 0.411 e. The van der Waals surface area contributed by atoms with E-state index in [1.807, 2.05) is 84.9 Å². The van der Waals surface area contributed by atoms with Crippen molar-refractivity contribution in [1.29, 1.82) is 0 Å². The van der Waals surface area contributed by atoms with Gasteiger partial charge in [-0.3, -0.25) is 4.90 Å². The Balaban J connectivity index is 1.47. The van der Waals surface area contributed by atoms with Crippen LogP contribution in [0.3, 0.4) is 0 Å². The van der Waals surface area contributed by atoms with E-state index >= 15 is 0 Å². The first-order valence-electron chi connectivity index (χ1n) is 14.5. The van der Waals surface area contributed by atoms with Gasteiger partial charge in [-0.15, -0.1) is 0 Å². The maximum absolute atomic E-state index is 14.8. The van der Waals surface area contributed by atoms with Crippen molar-refractivity contribution in [3.63, 3.8) is 0 Å². The summed E-state index contributed by atoms with van der Waals surface area (Å²) >= 11 is 0. The lowest BCUT2D eigenvalue weighted by Gasteiger charge is -2.38. The number of fused-ring (bicyclic) bond motifs is 6. The van der Waals surface area contributed by atoms with Crippen LogP contribution in [0.4, 0.5) is 4.79 Å². The van der Waals surface area contributed by atoms with Gasteiger partial charge in [-0.25, -0.2) is 13.2 Å². The van der Waals surface area contributed by atoms with E-state index in [1.54, 1.807) is 51.1 Å². The number of sulfone groups is 1. The molecule has 0 aliphatic carbocycles. The molecule has 220 valence electrons. The number of benzene rings is 4. The lowest BCUT2D eigenvalue weighted by molar-refractivity contribution is -0.190. The van der Waals surface area contributed by atoms with Gasteiger partial charge in [0.25, 0.3) is 0 Å². The predicted octanol–water partition coefficient (Wildman–Crippen LogP) is 7.10. The molecule has 5 atom stereocenters. The molecule has 8 heteroatoms. The monoisotopic (exact) mass is 595 g/mol. The fourth-order valence-corrected chi connectivity index (χ4v) is 8.96. The minimum Gasteiger partial charge on any atom is -0.444 e. The molecule has 3 heterocycles. The summed E-state index contributed by atoms with van der Waals surface area (Å²) in [5.41, 5.74) is 2.44. The topological polar surface area (TPSA) is 82.1 Å². The Bertz CT molecular complexity index is 1710. The van der Waals surface area contributed by atoms with Gasteiger partial charge in [0.1, 0.15) is 29.1 Å². The summed E-state index contributed by atoms with van der Waals surface area (Å²) in [4.78, 5) is 15.7. The molecule has 7 rings (SSSR count). The van der Waals surface area contributed by atoms with Gasteiger partial charge in [0, 0.05) is 0 Å². The van der Waals surface area contributed by atoms with Gasteiger partial charge in [-0.2, -0.15) is 0 Å². The van der Waals surface area contributed by atoms with Gasteiger partial charge >= 0.3 is 6.09 Å². The molecule has 43 heavy (non-hydrogen) atoms. The number of nitrogens with zero attached hydrogens (tertiary/aromatic N) is 1. The van der Waals surface area contributed by atoms with Gasteiger partial charge in [-0.1, -0.05) is 103 Å². The maximum atomic E-state index is 14.8. The second-order valence-corrected chi connectivity index (χ2v) is 14.3. The first-order chi connectivity index (χ1) is 20.6. The molecule has 3 unspecified atom stereocenters. The maximum Gasteiger partial charge on any atom is 0.411 e. The van der Waals surface area contributed by atoms with E-state index in [9.17, 15) is 13.2 Å². The average molecular weight is 596 g/mol. The van der Waals surface area contributed by atoms with Crippen LogP contribution in [-0.2, 0) is 24.0 Å². The van der Waals surface area contributed by atoms with Crippen LogP contribution in [0.15, 0.2) is 120 Å². The van der Waals surface area contributed by atoms with Gasteiger partial charge in [-0.05, 0) is 55.2 Å². The summed E-state index contributed by atoms with van der Waals surface area (Å²) in [6, 6.07) is 33.5. The molecule has 4 aromatic rings. The molecule has 2 bridgehead atoms. The predicted molar refractivity (Wildman–Crippen MR) is 161 cm³/mol. The van der Waals surface area contributed by atoms with E-state index < -0.39 is 56.9 Å². The zero-order chi connectivity index (χ0) is 30.0. The third-order valence-corrected chi connectivity index (χ3v) is 10.6. The SMILES string of the molecule is CC(C)(C)OC(=O)N1C2c3ccccc3C1C1(O[C@H](c3ccccc3)[C@@H](c3ccccc3)O1)C2S(=O)(=O)c1ccccc1. The molecule has 0 N–H and O–H groups in total. The normalized spacial score (nSPS) is 25.6. The van der Waals surface area contributed by atoms with Gasteiger partial charge in [0.2, 0.25) is 5.79 Å². The molecule has 0 aromatic heterocycles. The molecular formula is C35H33NO6S. The fraction of sp³-hybridized carbons (Fsp3) is 0.286. The van der Waals surface area contributed by atoms with Crippen molar-refractivity contribution in [1.82, 2.24) is 4.90 Å². The highest BCUT2D eigenvalue weighted by Crippen LogP contribution is 2.68. The van der Waals surface area contributed by atoms with Gasteiger partial charge < -0.3 is 14.2 Å². The molecule has 3 aliphatic rings. The molecule has 1 amide bonds. The highest BCUT2D eigenvalue weighted by molar-refractivity contribution is 7.92. The lowest BCUT2D eigenvalue weighted by Crippen LogP contribution is -2.51. The minimum atomic E-state index is -4.12. The highest BCUT2D eigenvalue weighted by Gasteiger charge is 2.76. The summed E-state index contributed by atoms with van der Waals surface area (Å²) in [5.74, 6) is -1.73. The number of carbonyl (C=O) groups is 1. The number of amides is 1. The fourth-order valence-electron chi connectivity index (χ4n) is 6.84. The van der Waals surface area contributed by atoms with Crippen molar-refractivity contribution in [2.45, 2.75) is 66.6 Å². The molecule has 0 radical (unpaired) electrons. The molecule has 2 fully saturated rings. The number of hydrogen-bond acceptors (Lipinski definition) is 6. The molecule has 0 saturated carbocycles. The lowest BCUT2D eigenvalue weighted by atomic mass is 9.87. The van der Waals surface area contributed by atoms with E-state index in [4.69, 9.17) is 14.2 Å². The molecule has 7 nitrogen and oxygen atoms in total. The zero-order valence-electron chi connectivity index (χ0n) is 24.2. The third kappa shape index (κ3) is 4.39. The first kappa shape index (κ1) is 27.8. The van der Waals surface area contributed by atoms with E-state index in [0.29, 0.717) is 0 Å². The largest absolute Gasteiger partial charge is 0.444 e. The Hall–Kier alpha value is -3.98. The first-order valence-corrected chi connectivity index (χ1v) is 16.0. The van der Waals surface area contributed by atoms with Crippen molar-refractivity contribution in [3.05, 3.63) is 138 Å². The van der Waals surface area contributed by atoms with E-state index in [2.05, 4.69) is 0 Å². The van der Waals surface area contributed by atoms with E-state index in [-0.39, 0.29) is 4.90 Å². The number of ether oxygens (including phenoxy) is 3. The molecular weight excluding hydrogens is 562 g/mol. The van der Waals surface area contributed by atoms with Crippen molar-refractivity contribution >= 4 is 15.9 Å². The number of carbonyl (C=O) groups excluding carboxylic acids is 1. The Morgan fingerprint density at radius 2 is 1.19 bits per heavy atom. The van der Waals surface area contributed by atoms with Crippen molar-refractivity contribution in [2.75, 3.05) is 0 Å².